The molecule has 17 heavy (non-hydrogen) atoms. The lowest BCUT2D eigenvalue weighted by molar-refractivity contribution is -0.137. The van der Waals surface area contributed by atoms with Gasteiger partial charge in [0.15, 0.2) is 0 Å². The highest BCUT2D eigenvalue weighted by atomic mass is 16.2. The molecule has 0 aromatic heterocycles. The van der Waals surface area contributed by atoms with Gasteiger partial charge in [-0.2, -0.15) is 5.26 Å². The van der Waals surface area contributed by atoms with Gasteiger partial charge in [-0.1, -0.05) is 6.42 Å². The SMILES string of the molecule is N#CCCN(C(=O)C1CC2CCC1C2)C1CC1. The number of amides is 1. The van der Waals surface area contributed by atoms with Crippen molar-refractivity contribution in [3.05, 3.63) is 0 Å². The van der Waals surface area contributed by atoms with Crippen LogP contribution >= 0.6 is 0 Å². The average molecular weight is 232 g/mol. The van der Waals surface area contributed by atoms with E-state index in [1.807, 2.05) is 4.90 Å². The molecule has 0 N–H and O–H groups in total. The van der Waals surface area contributed by atoms with Crippen LogP contribution in [0.1, 0.15) is 44.9 Å². The second kappa shape index (κ2) is 4.33. The van der Waals surface area contributed by atoms with E-state index in [9.17, 15) is 4.79 Å². The van der Waals surface area contributed by atoms with Crippen LogP contribution in [0.5, 0.6) is 0 Å². The van der Waals surface area contributed by atoms with Crippen LogP contribution in [0.2, 0.25) is 0 Å². The average Bonchev–Trinajstić information content (AvgIpc) is 2.96. The number of nitrogens with zero attached hydrogens (tertiary/aromatic N) is 2. The fourth-order valence-electron chi connectivity index (χ4n) is 3.79. The van der Waals surface area contributed by atoms with Crippen molar-refractivity contribution in [3.8, 4) is 6.07 Å². The van der Waals surface area contributed by atoms with Crippen molar-refractivity contribution < 1.29 is 4.79 Å². The number of fused-ring (bicyclic) bond motifs is 2. The third-order valence-electron chi connectivity index (χ3n) is 4.79. The zero-order valence-corrected chi connectivity index (χ0v) is 10.3. The van der Waals surface area contributed by atoms with Crippen molar-refractivity contribution in [2.75, 3.05) is 6.54 Å². The van der Waals surface area contributed by atoms with E-state index in [1.165, 1.54) is 19.3 Å². The lowest BCUT2D eigenvalue weighted by Crippen LogP contribution is -2.40. The van der Waals surface area contributed by atoms with Crippen molar-refractivity contribution in [1.29, 1.82) is 5.26 Å². The van der Waals surface area contributed by atoms with Crippen molar-refractivity contribution in [2.45, 2.75) is 51.0 Å². The first kappa shape index (κ1) is 11.1. The molecular weight excluding hydrogens is 212 g/mol. The van der Waals surface area contributed by atoms with Gasteiger partial charge in [-0.15, -0.1) is 0 Å². The molecule has 0 aromatic carbocycles. The summed E-state index contributed by atoms with van der Waals surface area (Å²) >= 11 is 0. The summed E-state index contributed by atoms with van der Waals surface area (Å²) in [5.74, 6) is 2.16. The second-order valence-corrected chi connectivity index (χ2v) is 5.95. The Morgan fingerprint density at radius 3 is 2.59 bits per heavy atom. The van der Waals surface area contributed by atoms with Crippen molar-refractivity contribution in [1.82, 2.24) is 4.90 Å². The summed E-state index contributed by atoms with van der Waals surface area (Å²) in [5.41, 5.74) is 0. The molecule has 0 heterocycles. The van der Waals surface area contributed by atoms with Gasteiger partial charge >= 0.3 is 0 Å². The molecule has 2 bridgehead atoms. The number of hydrogen-bond donors (Lipinski definition) is 0. The molecule has 0 aromatic rings. The Bertz CT molecular complexity index is 356. The molecule has 3 fully saturated rings. The molecule has 0 radical (unpaired) electrons. The van der Waals surface area contributed by atoms with Gasteiger partial charge in [0.2, 0.25) is 5.91 Å². The standard InChI is InChI=1S/C14H20N2O/c15-6-1-7-16(12-4-5-12)14(17)13-9-10-2-3-11(13)8-10/h10-13H,1-5,7-9H2. The maximum atomic E-state index is 12.5. The number of rotatable bonds is 4. The number of carbonyl (C=O) groups is 1. The minimum Gasteiger partial charge on any atom is -0.338 e. The van der Waals surface area contributed by atoms with E-state index in [0.29, 0.717) is 36.8 Å². The van der Waals surface area contributed by atoms with E-state index in [4.69, 9.17) is 5.26 Å². The fraction of sp³-hybridized carbons (Fsp3) is 0.857. The Hall–Kier alpha value is -1.04. The van der Waals surface area contributed by atoms with Crippen LogP contribution in [0.25, 0.3) is 0 Å². The topological polar surface area (TPSA) is 44.1 Å². The molecule has 3 aliphatic rings. The number of nitriles is 1. The quantitative estimate of drug-likeness (QED) is 0.746. The van der Waals surface area contributed by atoms with Gasteiger partial charge in [0.05, 0.1) is 12.5 Å². The summed E-state index contributed by atoms with van der Waals surface area (Å²) in [6, 6.07) is 2.63. The third kappa shape index (κ3) is 2.06. The minimum absolute atomic E-state index is 0.299. The highest BCUT2D eigenvalue weighted by Gasteiger charge is 2.46. The van der Waals surface area contributed by atoms with E-state index in [2.05, 4.69) is 6.07 Å². The zero-order valence-electron chi connectivity index (χ0n) is 10.3. The predicted molar refractivity (Wildman–Crippen MR) is 63.9 cm³/mol. The maximum Gasteiger partial charge on any atom is 0.226 e. The zero-order chi connectivity index (χ0) is 11.8. The van der Waals surface area contributed by atoms with E-state index >= 15 is 0 Å². The van der Waals surface area contributed by atoms with Gasteiger partial charge in [-0.25, -0.2) is 0 Å². The Balaban J connectivity index is 1.65. The second-order valence-electron chi connectivity index (χ2n) is 5.95. The van der Waals surface area contributed by atoms with Crippen LogP contribution in [0, 0.1) is 29.1 Å². The predicted octanol–water partition coefficient (Wildman–Crippen LogP) is 2.33. The largest absolute Gasteiger partial charge is 0.338 e. The van der Waals surface area contributed by atoms with E-state index in [-0.39, 0.29) is 0 Å². The molecule has 3 nitrogen and oxygen atoms in total. The molecule has 0 aliphatic heterocycles. The fourth-order valence-corrected chi connectivity index (χ4v) is 3.79. The molecule has 3 saturated carbocycles. The smallest absolute Gasteiger partial charge is 0.226 e. The van der Waals surface area contributed by atoms with Crippen LogP contribution in [-0.4, -0.2) is 23.4 Å². The molecule has 0 saturated heterocycles. The maximum absolute atomic E-state index is 12.5. The minimum atomic E-state index is 0.299. The van der Waals surface area contributed by atoms with Gasteiger partial charge in [0.25, 0.3) is 0 Å². The molecule has 3 rings (SSSR count). The first-order valence-electron chi connectivity index (χ1n) is 6.97. The monoisotopic (exact) mass is 232 g/mol. The van der Waals surface area contributed by atoms with Crippen LogP contribution in [0.4, 0.5) is 0 Å². The van der Waals surface area contributed by atoms with Gasteiger partial charge < -0.3 is 4.90 Å². The Morgan fingerprint density at radius 1 is 1.24 bits per heavy atom. The van der Waals surface area contributed by atoms with Gasteiger partial charge in [0, 0.05) is 18.5 Å². The molecular formula is C14H20N2O. The lowest BCUT2D eigenvalue weighted by Gasteiger charge is -2.29. The molecule has 92 valence electrons. The van der Waals surface area contributed by atoms with Crippen LogP contribution in [-0.2, 0) is 4.79 Å². The Kier molecular flexibility index (Phi) is 2.82. The van der Waals surface area contributed by atoms with Gasteiger partial charge in [-0.3, -0.25) is 4.79 Å². The number of carbonyl (C=O) groups excluding carboxylic acids is 1. The summed E-state index contributed by atoms with van der Waals surface area (Å²) in [6.45, 7) is 0.661. The van der Waals surface area contributed by atoms with E-state index in [0.717, 1.165) is 25.2 Å². The van der Waals surface area contributed by atoms with Crippen molar-refractivity contribution >= 4 is 5.91 Å². The summed E-state index contributed by atoms with van der Waals surface area (Å²) < 4.78 is 0. The summed E-state index contributed by atoms with van der Waals surface area (Å²) in [5, 5.41) is 8.68. The third-order valence-corrected chi connectivity index (χ3v) is 4.79. The first-order valence-corrected chi connectivity index (χ1v) is 6.97. The van der Waals surface area contributed by atoms with Crippen LogP contribution in [0.15, 0.2) is 0 Å². The Labute approximate surface area is 103 Å². The molecule has 3 aliphatic carbocycles. The first-order chi connectivity index (χ1) is 8.29. The van der Waals surface area contributed by atoms with Crippen LogP contribution in [0.3, 0.4) is 0 Å². The highest BCUT2D eigenvalue weighted by Crippen LogP contribution is 2.49. The van der Waals surface area contributed by atoms with Crippen molar-refractivity contribution in [3.63, 3.8) is 0 Å². The van der Waals surface area contributed by atoms with E-state index in [1.54, 1.807) is 0 Å². The van der Waals surface area contributed by atoms with Crippen LogP contribution < -0.4 is 0 Å². The van der Waals surface area contributed by atoms with E-state index < -0.39 is 0 Å². The summed E-state index contributed by atoms with van der Waals surface area (Å²) in [6.07, 6.45) is 7.80. The van der Waals surface area contributed by atoms with Gasteiger partial charge in [0.1, 0.15) is 0 Å². The molecule has 3 heteroatoms. The molecule has 3 atom stereocenters. The number of hydrogen-bond acceptors (Lipinski definition) is 2. The molecule has 1 amide bonds. The van der Waals surface area contributed by atoms with Crippen molar-refractivity contribution in [2.24, 2.45) is 17.8 Å². The lowest BCUT2D eigenvalue weighted by atomic mass is 9.87. The van der Waals surface area contributed by atoms with Gasteiger partial charge in [-0.05, 0) is 43.9 Å². The molecule has 3 unspecified atom stereocenters. The Morgan fingerprint density at radius 2 is 2.06 bits per heavy atom. The molecule has 0 spiro atoms. The highest BCUT2D eigenvalue weighted by molar-refractivity contribution is 5.80. The summed E-state index contributed by atoms with van der Waals surface area (Å²) in [4.78, 5) is 14.6. The normalized spacial score (nSPS) is 34.6. The summed E-state index contributed by atoms with van der Waals surface area (Å²) in [7, 11) is 0.